The molecule has 6 heteroatoms. The van der Waals surface area contributed by atoms with Crippen LogP contribution in [0, 0.1) is 6.92 Å². The van der Waals surface area contributed by atoms with Gasteiger partial charge in [0.1, 0.15) is 0 Å². The molecule has 6 nitrogen and oxygen atoms in total. The van der Waals surface area contributed by atoms with Crippen molar-refractivity contribution in [3.63, 3.8) is 0 Å². The van der Waals surface area contributed by atoms with Crippen molar-refractivity contribution in [1.29, 1.82) is 0 Å². The Bertz CT molecular complexity index is 859. The lowest BCUT2D eigenvalue weighted by atomic mass is 10.1. The van der Waals surface area contributed by atoms with E-state index >= 15 is 0 Å². The summed E-state index contributed by atoms with van der Waals surface area (Å²) in [6, 6.07) is 8.16. The Morgan fingerprint density at radius 1 is 0.862 bits per heavy atom. The van der Waals surface area contributed by atoms with Crippen molar-refractivity contribution in [2.75, 3.05) is 45.8 Å². The van der Waals surface area contributed by atoms with E-state index in [-0.39, 0.29) is 11.8 Å². The van der Waals surface area contributed by atoms with Crippen LogP contribution in [0.2, 0.25) is 0 Å². The fourth-order valence-corrected chi connectivity index (χ4v) is 4.59. The number of amides is 2. The molecule has 2 amide bonds. The lowest BCUT2D eigenvalue weighted by Crippen LogP contribution is -2.52. The van der Waals surface area contributed by atoms with E-state index in [1.807, 2.05) is 28.9 Å². The van der Waals surface area contributed by atoms with Gasteiger partial charge in [0, 0.05) is 55.9 Å². The van der Waals surface area contributed by atoms with E-state index in [1.165, 1.54) is 12.8 Å². The number of likely N-dealkylation sites (tertiary alicyclic amines) is 1. The molecule has 29 heavy (non-hydrogen) atoms. The Balaban J connectivity index is 1.29. The van der Waals surface area contributed by atoms with Crippen LogP contribution in [0.5, 0.6) is 0 Å². The van der Waals surface area contributed by atoms with Crippen molar-refractivity contribution < 1.29 is 9.59 Å². The zero-order valence-corrected chi connectivity index (χ0v) is 17.5. The van der Waals surface area contributed by atoms with Crippen LogP contribution >= 0.6 is 0 Å². The highest BCUT2D eigenvalue weighted by Crippen LogP contribution is 2.23. The molecule has 1 aromatic heterocycles. The molecular formula is C23H32N4O2. The van der Waals surface area contributed by atoms with E-state index in [9.17, 15) is 9.59 Å². The zero-order chi connectivity index (χ0) is 20.2. The summed E-state index contributed by atoms with van der Waals surface area (Å²) < 4.78 is 0. The van der Waals surface area contributed by atoms with Gasteiger partial charge in [-0.05, 0) is 31.4 Å². The minimum Gasteiger partial charge on any atom is -0.358 e. The van der Waals surface area contributed by atoms with E-state index in [0.717, 1.165) is 61.2 Å². The Morgan fingerprint density at radius 3 is 2.24 bits per heavy atom. The van der Waals surface area contributed by atoms with Gasteiger partial charge in [-0.1, -0.05) is 31.0 Å². The molecule has 4 rings (SSSR count). The molecule has 2 aliphatic heterocycles. The van der Waals surface area contributed by atoms with E-state index < -0.39 is 0 Å². The standard InChI is InChI=1S/C23H32N4O2/c1-18-20(19-8-4-5-9-21(19)24-18)16-22(28)27-14-12-25(13-15-27)17-23(29)26-10-6-2-3-7-11-26/h4-5,8-9,24H,2-3,6-7,10-17H2,1H3. The fraction of sp³-hybridized carbons (Fsp3) is 0.565. The number of aromatic amines is 1. The number of nitrogens with zero attached hydrogens (tertiary/aromatic N) is 3. The molecule has 0 unspecified atom stereocenters. The molecule has 0 atom stereocenters. The lowest BCUT2D eigenvalue weighted by molar-refractivity contribution is -0.134. The Kier molecular flexibility index (Phi) is 6.19. The molecule has 1 N–H and O–H groups in total. The summed E-state index contributed by atoms with van der Waals surface area (Å²) >= 11 is 0. The average molecular weight is 397 g/mol. The van der Waals surface area contributed by atoms with Gasteiger partial charge in [-0.25, -0.2) is 0 Å². The van der Waals surface area contributed by atoms with Gasteiger partial charge in [-0.3, -0.25) is 14.5 Å². The third-order valence-corrected chi connectivity index (χ3v) is 6.40. The molecule has 156 valence electrons. The van der Waals surface area contributed by atoms with Crippen molar-refractivity contribution in [3.8, 4) is 0 Å². The molecule has 2 fully saturated rings. The van der Waals surface area contributed by atoms with Gasteiger partial charge in [-0.2, -0.15) is 0 Å². The van der Waals surface area contributed by atoms with Crippen LogP contribution in [-0.4, -0.2) is 77.3 Å². The lowest BCUT2D eigenvalue weighted by Gasteiger charge is -2.35. The number of hydrogen-bond donors (Lipinski definition) is 1. The summed E-state index contributed by atoms with van der Waals surface area (Å²) in [6.07, 6.45) is 5.16. The normalized spacial score (nSPS) is 18.8. The van der Waals surface area contributed by atoms with Gasteiger partial charge in [0.25, 0.3) is 0 Å². The summed E-state index contributed by atoms with van der Waals surface area (Å²) in [6.45, 7) is 7.29. The zero-order valence-electron chi connectivity index (χ0n) is 17.5. The number of nitrogens with one attached hydrogen (secondary N) is 1. The summed E-state index contributed by atoms with van der Waals surface area (Å²) in [4.78, 5) is 35.1. The number of hydrogen-bond acceptors (Lipinski definition) is 3. The first-order valence-corrected chi connectivity index (χ1v) is 11.0. The quantitative estimate of drug-likeness (QED) is 0.864. The first-order chi connectivity index (χ1) is 14.1. The molecule has 2 aliphatic rings. The smallest absolute Gasteiger partial charge is 0.236 e. The van der Waals surface area contributed by atoms with E-state index in [4.69, 9.17) is 0 Å². The number of para-hydroxylation sites is 1. The van der Waals surface area contributed by atoms with Gasteiger partial charge in [0.2, 0.25) is 11.8 Å². The number of piperazine rings is 1. The van der Waals surface area contributed by atoms with Crippen LogP contribution in [0.3, 0.4) is 0 Å². The van der Waals surface area contributed by atoms with Crippen LogP contribution < -0.4 is 0 Å². The van der Waals surface area contributed by atoms with Crippen LogP contribution in [0.4, 0.5) is 0 Å². The van der Waals surface area contributed by atoms with Crippen LogP contribution in [0.25, 0.3) is 10.9 Å². The Morgan fingerprint density at radius 2 is 1.52 bits per heavy atom. The first-order valence-electron chi connectivity index (χ1n) is 11.0. The van der Waals surface area contributed by atoms with Gasteiger partial charge in [0.05, 0.1) is 13.0 Å². The molecule has 1 aromatic carbocycles. The first kappa shape index (κ1) is 20.0. The number of aryl methyl sites for hydroxylation is 1. The van der Waals surface area contributed by atoms with Crippen molar-refractivity contribution in [1.82, 2.24) is 19.7 Å². The highest BCUT2D eigenvalue weighted by atomic mass is 16.2. The second-order valence-corrected chi connectivity index (χ2v) is 8.40. The number of aromatic nitrogens is 1. The second kappa shape index (κ2) is 8.99. The number of fused-ring (bicyclic) bond motifs is 1. The predicted molar refractivity (Wildman–Crippen MR) is 115 cm³/mol. The minimum atomic E-state index is 0.177. The number of benzene rings is 1. The number of H-pyrrole nitrogens is 1. The maximum absolute atomic E-state index is 12.9. The van der Waals surface area contributed by atoms with Gasteiger partial charge in [-0.15, -0.1) is 0 Å². The Labute approximate surface area is 172 Å². The molecule has 0 spiro atoms. The van der Waals surface area contributed by atoms with Crippen molar-refractivity contribution in [2.24, 2.45) is 0 Å². The maximum Gasteiger partial charge on any atom is 0.236 e. The highest BCUT2D eigenvalue weighted by Gasteiger charge is 2.25. The molecule has 2 saturated heterocycles. The van der Waals surface area contributed by atoms with Gasteiger partial charge < -0.3 is 14.8 Å². The van der Waals surface area contributed by atoms with E-state index in [1.54, 1.807) is 0 Å². The predicted octanol–water partition coefficient (Wildman–Crippen LogP) is 2.57. The maximum atomic E-state index is 12.9. The SMILES string of the molecule is Cc1[nH]c2ccccc2c1CC(=O)N1CCN(CC(=O)N2CCCCCC2)CC1. The summed E-state index contributed by atoms with van der Waals surface area (Å²) in [5, 5.41) is 1.14. The molecule has 0 aliphatic carbocycles. The van der Waals surface area contributed by atoms with Crippen molar-refractivity contribution >= 4 is 22.7 Å². The molecule has 3 heterocycles. The summed E-state index contributed by atoms with van der Waals surface area (Å²) in [5.74, 6) is 0.428. The Hall–Kier alpha value is -2.34. The number of carbonyl (C=O) groups is 2. The van der Waals surface area contributed by atoms with E-state index in [2.05, 4.69) is 22.0 Å². The molecular weight excluding hydrogens is 364 g/mol. The molecule has 0 radical (unpaired) electrons. The topological polar surface area (TPSA) is 59.7 Å². The van der Waals surface area contributed by atoms with Gasteiger partial charge >= 0.3 is 0 Å². The molecule has 2 aromatic rings. The second-order valence-electron chi connectivity index (χ2n) is 8.40. The monoisotopic (exact) mass is 396 g/mol. The third kappa shape index (κ3) is 4.64. The minimum absolute atomic E-state index is 0.177. The fourth-order valence-electron chi connectivity index (χ4n) is 4.59. The van der Waals surface area contributed by atoms with Crippen LogP contribution in [0.15, 0.2) is 24.3 Å². The number of rotatable bonds is 4. The van der Waals surface area contributed by atoms with Gasteiger partial charge in [0.15, 0.2) is 0 Å². The van der Waals surface area contributed by atoms with Crippen molar-refractivity contribution in [3.05, 3.63) is 35.5 Å². The van der Waals surface area contributed by atoms with Crippen LogP contribution in [-0.2, 0) is 16.0 Å². The average Bonchev–Trinajstić information content (AvgIpc) is 2.90. The summed E-state index contributed by atoms with van der Waals surface area (Å²) in [5.41, 5.74) is 3.26. The third-order valence-electron chi connectivity index (χ3n) is 6.40. The summed E-state index contributed by atoms with van der Waals surface area (Å²) in [7, 11) is 0. The van der Waals surface area contributed by atoms with Crippen molar-refractivity contribution in [2.45, 2.75) is 39.0 Å². The highest BCUT2D eigenvalue weighted by molar-refractivity contribution is 5.90. The van der Waals surface area contributed by atoms with Crippen LogP contribution in [0.1, 0.15) is 36.9 Å². The largest absolute Gasteiger partial charge is 0.358 e. The molecule has 0 bridgehead atoms. The van der Waals surface area contributed by atoms with E-state index in [0.29, 0.717) is 26.1 Å². The number of carbonyl (C=O) groups excluding carboxylic acids is 2. The molecule has 0 saturated carbocycles.